The van der Waals surface area contributed by atoms with Gasteiger partial charge in [0.1, 0.15) is 6.10 Å². The van der Waals surface area contributed by atoms with Crippen LogP contribution in [0, 0.1) is 5.92 Å². The van der Waals surface area contributed by atoms with Gasteiger partial charge in [-0.1, -0.05) is 13.8 Å². The lowest BCUT2D eigenvalue weighted by atomic mass is 9.89. The molecule has 23 heavy (non-hydrogen) atoms. The summed E-state index contributed by atoms with van der Waals surface area (Å²) in [4.78, 5) is 8.56. The van der Waals surface area contributed by atoms with Crippen molar-refractivity contribution in [3.63, 3.8) is 0 Å². The topological polar surface area (TPSA) is 58.5 Å². The molecule has 1 aromatic rings. The van der Waals surface area contributed by atoms with Crippen LogP contribution in [-0.4, -0.2) is 30.6 Å². The number of nitrogens with zero attached hydrogens (tertiary/aromatic N) is 2. The molecule has 5 heteroatoms. The number of pyridine rings is 1. The molecule has 0 unspecified atom stereocenters. The Bertz CT molecular complexity index is 496. The molecular weight excluding hydrogens is 288 g/mol. The zero-order valence-corrected chi connectivity index (χ0v) is 14.6. The number of ether oxygens (including phenoxy) is 1. The van der Waals surface area contributed by atoms with Crippen molar-refractivity contribution in [1.82, 2.24) is 15.6 Å². The molecule has 0 saturated heterocycles. The fraction of sp³-hybridized carbons (Fsp3) is 0.667. The van der Waals surface area contributed by atoms with Gasteiger partial charge in [-0.3, -0.25) is 4.99 Å². The average molecular weight is 318 g/mol. The highest BCUT2D eigenvalue weighted by Gasteiger charge is 2.19. The van der Waals surface area contributed by atoms with Gasteiger partial charge in [-0.05, 0) is 49.7 Å². The summed E-state index contributed by atoms with van der Waals surface area (Å²) in [5.41, 5.74) is 1.15. The van der Waals surface area contributed by atoms with Crippen LogP contribution in [0.15, 0.2) is 23.3 Å². The molecule has 1 aliphatic carbocycles. The fourth-order valence-corrected chi connectivity index (χ4v) is 2.79. The molecule has 2 rings (SSSR count). The number of aliphatic imine (C=N–C) groups is 1. The summed E-state index contributed by atoms with van der Waals surface area (Å²) in [5.74, 6) is 2.40. The number of aromatic nitrogens is 1. The van der Waals surface area contributed by atoms with Crippen molar-refractivity contribution >= 4 is 5.96 Å². The summed E-state index contributed by atoms with van der Waals surface area (Å²) in [6.07, 6.45) is 8.00. The van der Waals surface area contributed by atoms with Crippen LogP contribution in [0.5, 0.6) is 5.88 Å². The summed E-state index contributed by atoms with van der Waals surface area (Å²) in [5, 5.41) is 6.58. The Labute approximate surface area is 139 Å². The molecule has 1 fully saturated rings. The van der Waals surface area contributed by atoms with Crippen molar-refractivity contribution in [1.29, 1.82) is 0 Å². The summed E-state index contributed by atoms with van der Waals surface area (Å²) < 4.78 is 6.06. The van der Waals surface area contributed by atoms with E-state index in [4.69, 9.17) is 4.74 Å². The van der Waals surface area contributed by atoms with E-state index in [1.807, 2.05) is 18.3 Å². The van der Waals surface area contributed by atoms with E-state index in [9.17, 15) is 0 Å². The van der Waals surface area contributed by atoms with Gasteiger partial charge in [0.05, 0.1) is 0 Å². The Balaban J connectivity index is 1.84. The van der Waals surface area contributed by atoms with Gasteiger partial charge in [-0.15, -0.1) is 0 Å². The third-order valence-electron chi connectivity index (χ3n) is 4.28. The first-order valence-corrected chi connectivity index (χ1v) is 8.77. The second-order valence-electron chi connectivity index (χ2n) is 6.35. The largest absolute Gasteiger partial charge is 0.474 e. The zero-order valence-electron chi connectivity index (χ0n) is 14.6. The maximum atomic E-state index is 6.06. The molecule has 2 N–H and O–H groups in total. The van der Waals surface area contributed by atoms with Gasteiger partial charge in [0.15, 0.2) is 5.96 Å². The third kappa shape index (κ3) is 6.08. The third-order valence-corrected chi connectivity index (χ3v) is 4.28. The minimum Gasteiger partial charge on any atom is -0.474 e. The van der Waals surface area contributed by atoms with E-state index in [0.29, 0.717) is 12.6 Å². The van der Waals surface area contributed by atoms with Gasteiger partial charge in [0, 0.05) is 32.4 Å². The minimum atomic E-state index is 0.320. The number of hydrogen-bond donors (Lipinski definition) is 2. The van der Waals surface area contributed by atoms with E-state index >= 15 is 0 Å². The zero-order chi connectivity index (χ0) is 16.5. The highest BCUT2D eigenvalue weighted by atomic mass is 16.5. The van der Waals surface area contributed by atoms with E-state index in [2.05, 4.69) is 34.5 Å². The molecule has 0 amide bonds. The Hall–Kier alpha value is -1.78. The Morgan fingerprint density at radius 1 is 1.30 bits per heavy atom. The fourth-order valence-electron chi connectivity index (χ4n) is 2.79. The van der Waals surface area contributed by atoms with Gasteiger partial charge < -0.3 is 15.4 Å². The predicted molar refractivity (Wildman–Crippen MR) is 94.8 cm³/mol. The standard InChI is InChI=1S/C18H30N4O/c1-4-10-21-18(19-3)22-13-15-9-11-20-17(12-15)23-16-7-5-14(2)6-8-16/h9,11-12,14,16H,4-8,10,13H2,1-3H3,(H2,19,21,22). The van der Waals surface area contributed by atoms with Crippen molar-refractivity contribution in [3.05, 3.63) is 23.9 Å². The average Bonchev–Trinajstić information content (AvgIpc) is 2.57. The van der Waals surface area contributed by atoms with Crippen LogP contribution in [0.25, 0.3) is 0 Å². The Morgan fingerprint density at radius 2 is 2.09 bits per heavy atom. The quantitative estimate of drug-likeness (QED) is 0.625. The molecule has 5 nitrogen and oxygen atoms in total. The molecule has 0 bridgehead atoms. The van der Waals surface area contributed by atoms with Crippen LogP contribution < -0.4 is 15.4 Å². The van der Waals surface area contributed by atoms with Gasteiger partial charge in [0.25, 0.3) is 0 Å². The monoisotopic (exact) mass is 318 g/mol. The molecule has 0 spiro atoms. The van der Waals surface area contributed by atoms with E-state index in [1.165, 1.54) is 12.8 Å². The first-order chi connectivity index (χ1) is 11.2. The highest BCUT2D eigenvalue weighted by molar-refractivity contribution is 5.79. The lowest BCUT2D eigenvalue weighted by Gasteiger charge is -2.26. The first-order valence-electron chi connectivity index (χ1n) is 8.77. The Kier molecular flexibility index (Phi) is 7.17. The van der Waals surface area contributed by atoms with Crippen LogP contribution in [0.1, 0.15) is 51.5 Å². The maximum absolute atomic E-state index is 6.06. The normalized spacial score (nSPS) is 21.8. The first kappa shape index (κ1) is 17.6. The molecule has 1 heterocycles. The van der Waals surface area contributed by atoms with Crippen LogP contribution >= 0.6 is 0 Å². The molecule has 1 saturated carbocycles. The van der Waals surface area contributed by atoms with Crippen molar-refractivity contribution in [2.75, 3.05) is 13.6 Å². The molecule has 0 aliphatic heterocycles. The summed E-state index contributed by atoms with van der Waals surface area (Å²) in [7, 11) is 1.79. The SMILES string of the molecule is CCCNC(=NC)NCc1ccnc(OC2CCC(C)CC2)c1. The maximum Gasteiger partial charge on any atom is 0.213 e. The number of rotatable bonds is 6. The van der Waals surface area contributed by atoms with E-state index in [0.717, 1.165) is 49.1 Å². The van der Waals surface area contributed by atoms with Crippen molar-refractivity contribution in [2.24, 2.45) is 10.9 Å². The van der Waals surface area contributed by atoms with Crippen LogP contribution in [0.3, 0.4) is 0 Å². The summed E-state index contributed by atoms with van der Waals surface area (Å²) in [6, 6.07) is 4.04. The molecule has 0 atom stereocenters. The minimum absolute atomic E-state index is 0.320. The van der Waals surface area contributed by atoms with Crippen LogP contribution in [-0.2, 0) is 6.54 Å². The second-order valence-corrected chi connectivity index (χ2v) is 6.35. The van der Waals surface area contributed by atoms with Gasteiger partial charge in [-0.25, -0.2) is 4.98 Å². The number of nitrogens with one attached hydrogen (secondary N) is 2. The number of guanidine groups is 1. The molecular formula is C18H30N4O. The lowest BCUT2D eigenvalue weighted by Crippen LogP contribution is -2.37. The molecule has 1 aromatic heterocycles. The van der Waals surface area contributed by atoms with Crippen molar-refractivity contribution < 1.29 is 4.74 Å². The predicted octanol–water partition coefficient (Wildman–Crippen LogP) is 3.11. The second kappa shape index (κ2) is 9.38. The van der Waals surface area contributed by atoms with E-state index in [-0.39, 0.29) is 0 Å². The van der Waals surface area contributed by atoms with E-state index < -0.39 is 0 Å². The van der Waals surface area contributed by atoms with Crippen molar-refractivity contribution in [3.8, 4) is 5.88 Å². The van der Waals surface area contributed by atoms with Gasteiger partial charge >= 0.3 is 0 Å². The Morgan fingerprint density at radius 3 is 2.78 bits per heavy atom. The van der Waals surface area contributed by atoms with E-state index in [1.54, 1.807) is 7.05 Å². The summed E-state index contributed by atoms with van der Waals surface area (Å²) >= 11 is 0. The van der Waals surface area contributed by atoms with Gasteiger partial charge in [0.2, 0.25) is 5.88 Å². The number of hydrogen-bond acceptors (Lipinski definition) is 3. The summed E-state index contributed by atoms with van der Waals surface area (Å²) in [6.45, 7) is 6.09. The lowest BCUT2D eigenvalue weighted by molar-refractivity contribution is 0.130. The highest BCUT2D eigenvalue weighted by Crippen LogP contribution is 2.26. The van der Waals surface area contributed by atoms with Crippen LogP contribution in [0.4, 0.5) is 0 Å². The van der Waals surface area contributed by atoms with Gasteiger partial charge in [-0.2, -0.15) is 0 Å². The van der Waals surface area contributed by atoms with Crippen LogP contribution in [0.2, 0.25) is 0 Å². The smallest absolute Gasteiger partial charge is 0.213 e. The molecule has 0 radical (unpaired) electrons. The molecule has 1 aliphatic rings. The molecule has 128 valence electrons. The van der Waals surface area contributed by atoms with Crippen molar-refractivity contribution in [2.45, 2.75) is 58.6 Å². The molecule has 0 aromatic carbocycles.